The fourth-order valence-electron chi connectivity index (χ4n) is 1.93. The van der Waals surface area contributed by atoms with E-state index in [1.165, 1.54) is 12.1 Å². The van der Waals surface area contributed by atoms with Crippen molar-refractivity contribution in [3.05, 3.63) is 58.3 Å². The quantitative estimate of drug-likeness (QED) is 0.789. The number of benzene rings is 2. The molecule has 2 rings (SSSR count). The van der Waals surface area contributed by atoms with Gasteiger partial charge in [-0.05, 0) is 53.2 Å². The minimum absolute atomic E-state index is 0.110. The Bertz CT molecular complexity index is 752. The van der Waals surface area contributed by atoms with Crippen molar-refractivity contribution in [3.63, 3.8) is 0 Å². The first-order chi connectivity index (χ1) is 11.5. The molecule has 0 bridgehead atoms. The van der Waals surface area contributed by atoms with Crippen molar-refractivity contribution in [1.29, 1.82) is 0 Å². The maximum absolute atomic E-state index is 13.3. The molecular weight excluding hydrogens is 379 g/mol. The lowest BCUT2D eigenvalue weighted by Gasteiger charge is -2.10. The van der Waals surface area contributed by atoms with Crippen molar-refractivity contribution in [2.24, 2.45) is 0 Å². The van der Waals surface area contributed by atoms with Crippen LogP contribution in [0, 0.1) is 5.82 Å². The molecule has 24 heavy (non-hydrogen) atoms. The Morgan fingerprint density at radius 1 is 1.21 bits per heavy atom. The smallest absolute Gasteiger partial charge is 0.257 e. The number of likely N-dealkylation sites (N-methyl/N-ethyl adjacent to an activating group) is 1. The van der Waals surface area contributed by atoms with E-state index in [0.717, 1.165) is 6.07 Å². The van der Waals surface area contributed by atoms with Gasteiger partial charge in [0.05, 0.1) is 5.56 Å². The van der Waals surface area contributed by atoms with Gasteiger partial charge in [-0.3, -0.25) is 9.59 Å². The highest BCUT2D eigenvalue weighted by Crippen LogP contribution is 2.21. The van der Waals surface area contributed by atoms with Crippen molar-refractivity contribution in [1.82, 2.24) is 5.32 Å². The maximum atomic E-state index is 13.3. The first-order valence-corrected chi connectivity index (χ1v) is 8.05. The molecule has 0 aliphatic heterocycles. The summed E-state index contributed by atoms with van der Waals surface area (Å²) in [4.78, 5) is 23.6. The second-order valence-corrected chi connectivity index (χ2v) is 5.70. The van der Waals surface area contributed by atoms with Crippen LogP contribution in [0.5, 0.6) is 5.75 Å². The summed E-state index contributed by atoms with van der Waals surface area (Å²) in [5, 5.41) is 5.28. The molecule has 0 heterocycles. The Labute approximate surface area is 147 Å². The predicted molar refractivity (Wildman–Crippen MR) is 92.7 cm³/mol. The van der Waals surface area contributed by atoms with E-state index in [9.17, 15) is 14.0 Å². The van der Waals surface area contributed by atoms with Gasteiger partial charge in [0.25, 0.3) is 11.8 Å². The zero-order valence-corrected chi connectivity index (χ0v) is 14.5. The summed E-state index contributed by atoms with van der Waals surface area (Å²) in [5.41, 5.74) is 0.660. The van der Waals surface area contributed by atoms with Crippen LogP contribution >= 0.6 is 15.9 Å². The van der Waals surface area contributed by atoms with Crippen LogP contribution in [0.3, 0.4) is 0 Å². The standard InChI is InChI=1S/C17H16BrFN2O3/c1-2-20-16(22)10-24-13-5-3-4-12(9-13)21-17(23)14-8-11(19)6-7-15(14)18/h3-9H,2,10H2,1H3,(H,20,22)(H,21,23). The van der Waals surface area contributed by atoms with Crippen LogP contribution in [0.4, 0.5) is 10.1 Å². The SMILES string of the molecule is CCNC(=O)COc1cccc(NC(=O)c2cc(F)ccc2Br)c1. The minimum Gasteiger partial charge on any atom is -0.484 e. The predicted octanol–water partition coefficient (Wildman–Crippen LogP) is 3.36. The molecule has 0 saturated heterocycles. The molecule has 5 nitrogen and oxygen atoms in total. The molecule has 2 aromatic rings. The van der Waals surface area contributed by atoms with E-state index in [-0.39, 0.29) is 18.1 Å². The molecule has 7 heteroatoms. The normalized spacial score (nSPS) is 10.1. The third-order valence-electron chi connectivity index (χ3n) is 3.01. The lowest BCUT2D eigenvalue weighted by Crippen LogP contribution is -2.28. The van der Waals surface area contributed by atoms with E-state index in [1.807, 2.05) is 6.92 Å². The van der Waals surface area contributed by atoms with Crippen LogP contribution in [-0.4, -0.2) is 25.0 Å². The van der Waals surface area contributed by atoms with E-state index >= 15 is 0 Å². The van der Waals surface area contributed by atoms with Crippen LogP contribution in [-0.2, 0) is 4.79 Å². The summed E-state index contributed by atoms with van der Waals surface area (Å²) in [6, 6.07) is 10.5. The monoisotopic (exact) mass is 394 g/mol. The molecule has 0 atom stereocenters. The van der Waals surface area contributed by atoms with Gasteiger partial charge < -0.3 is 15.4 Å². The summed E-state index contributed by atoms with van der Waals surface area (Å²) >= 11 is 3.22. The fraction of sp³-hybridized carbons (Fsp3) is 0.176. The van der Waals surface area contributed by atoms with E-state index in [0.29, 0.717) is 22.5 Å². The highest BCUT2D eigenvalue weighted by Gasteiger charge is 2.12. The molecule has 2 aromatic carbocycles. The summed E-state index contributed by atoms with van der Waals surface area (Å²) in [5.74, 6) is -0.738. The summed E-state index contributed by atoms with van der Waals surface area (Å²) in [7, 11) is 0. The fourth-order valence-corrected chi connectivity index (χ4v) is 2.36. The number of carbonyl (C=O) groups excluding carboxylic acids is 2. The van der Waals surface area contributed by atoms with Crippen molar-refractivity contribution in [2.75, 3.05) is 18.5 Å². The van der Waals surface area contributed by atoms with Crippen LogP contribution < -0.4 is 15.4 Å². The Hall–Kier alpha value is -2.41. The Balaban J connectivity index is 2.05. The van der Waals surface area contributed by atoms with Gasteiger partial charge in [0.2, 0.25) is 0 Å². The third-order valence-corrected chi connectivity index (χ3v) is 3.70. The number of anilines is 1. The largest absolute Gasteiger partial charge is 0.484 e. The van der Waals surface area contributed by atoms with E-state index in [1.54, 1.807) is 24.3 Å². The first kappa shape index (κ1) is 17.9. The number of hydrogen-bond donors (Lipinski definition) is 2. The topological polar surface area (TPSA) is 67.4 Å². The van der Waals surface area contributed by atoms with Gasteiger partial charge in [0, 0.05) is 22.8 Å². The molecule has 0 radical (unpaired) electrons. The lowest BCUT2D eigenvalue weighted by molar-refractivity contribution is -0.122. The van der Waals surface area contributed by atoms with E-state index < -0.39 is 11.7 Å². The van der Waals surface area contributed by atoms with Crippen LogP contribution in [0.1, 0.15) is 17.3 Å². The third kappa shape index (κ3) is 5.06. The molecule has 0 unspecified atom stereocenters. The number of ether oxygens (including phenoxy) is 1. The summed E-state index contributed by atoms with van der Waals surface area (Å²) in [6.07, 6.45) is 0. The average Bonchev–Trinajstić information content (AvgIpc) is 2.56. The molecule has 0 aromatic heterocycles. The van der Waals surface area contributed by atoms with Gasteiger partial charge in [-0.2, -0.15) is 0 Å². The molecule has 2 amide bonds. The Morgan fingerprint density at radius 2 is 2.00 bits per heavy atom. The Morgan fingerprint density at radius 3 is 2.75 bits per heavy atom. The van der Waals surface area contributed by atoms with Gasteiger partial charge in [0.1, 0.15) is 11.6 Å². The summed E-state index contributed by atoms with van der Waals surface area (Å²) < 4.78 is 19.1. The van der Waals surface area contributed by atoms with Crippen LogP contribution in [0.25, 0.3) is 0 Å². The molecule has 0 spiro atoms. The van der Waals surface area contributed by atoms with Crippen molar-refractivity contribution >= 4 is 33.4 Å². The zero-order valence-electron chi connectivity index (χ0n) is 12.9. The highest BCUT2D eigenvalue weighted by atomic mass is 79.9. The Kier molecular flexibility index (Phi) is 6.31. The molecule has 0 saturated carbocycles. The lowest BCUT2D eigenvalue weighted by atomic mass is 10.2. The molecule has 126 valence electrons. The number of nitrogens with one attached hydrogen (secondary N) is 2. The molecule has 2 N–H and O–H groups in total. The molecular formula is C17H16BrFN2O3. The second-order valence-electron chi connectivity index (χ2n) is 4.85. The molecule has 0 fully saturated rings. The van der Waals surface area contributed by atoms with E-state index in [2.05, 4.69) is 26.6 Å². The second kappa shape index (κ2) is 8.44. The van der Waals surface area contributed by atoms with Gasteiger partial charge in [-0.15, -0.1) is 0 Å². The summed E-state index contributed by atoms with van der Waals surface area (Å²) in [6.45, 7) is 2.24. The van der Waals surface area contributed by atoms with Crippen LogP contribution in [0.2, 0.25) is 0 Å². The van der Waals surface area contributed by atoms with Crippen molar-refractivity contribution < 1.29 is 18.7 Å². The maximum Gasteiger partial charge on any atom is 0.257 e. The van der Waals surface area contributed by atoms with Gasteiger partial charge >= 0.3 is 0 Å². The number of hydrogen-bond acceptors (Lipinski definition) is 3. The molecule has 0 aliphatic carbocycles. The average molecular weight is 395 g/mol. The first-order valence-electron chi connectivity index (χ1n) is 7.25. The van der Waals surface area contributed by atoms with Crippen molar-refractivity contribution in [2.45, 2.75) is 6.92 Å². The molecule has 0 aliphatic rings. The number of carbonyl (C=O) groups is 2. The minimum atomic E-state index is -0.498. The van der Waals surface area contributed by atoms with Gasteiger partial charge in [-0.1, -0.05) is 6.07 Å². The van der Waals surface area contributed by atoms with Crippen molar-refractivity contribution in [3.8, 4) is 5.75 Å². The number of rotatable bonds is 6. The highest BCUT2D eigenvalue weighted by molar-refractivity contribution is 9.10. The zero-order chi connectivity index (χ0) is 17.5. The van der Waals surface area contributed by atoms with Gasteiger partial charge in [0.15, 0.2) is 6.61 Å². The van der Waals surface area contributed by atoms with Crippen LogP contribution in [0.15, 0.2) is 46.9 Å². The number of amides is 2. The van der Waals surface area contributed by atoms with Gasteiger partial charge in [-0.25, -0.2) is 4.39 Å². The van der Waals surface area contributed by atoms with E-state index in [4.69, 9.17) is 4.74 Å². The number of halogens is 2.